The summed E-state index contributed by atoms with van der Waals surface area (Å²) in [4.78, 5) is 28.6. The predicted molar refractivity (Wildman–Crippen MR) is 99.7 cm³/mol. The summed E-state index contributed by atoms with van der Waals surface area (Å²) in [5, 5.41) is 2.43. The number of carbonyl (C=O) groups is 2. The zero-order valence-corrected chi connectivity index (χ0v) is 16.0. The van der Waals surface area contributed by atoms with Gasteiger partial charge in [-0.1, -0.05) is 12.1 Å². The highest BCUT2D eigenvalue weighted by atomic mass is 19.4. The van der Waals surface area contributed by atoms with Gasteiger partial charge in [0.1, 0.15) is 0 Å². The fourth-order valence-electron chi connectivity index (χ4n) is 4.04. The van der Waals surface area contributed by atoms with Crippen LogP contribution in [0.25, 0.3) is 0 Å². The number of halogens is 3. The molecule has 1 aromatic carbocycles. The fraction of sp³-hybridized carbons (Fsp3) is 0.600. The molecule has 0 saturated carbocycles. The first-order valence-electron chi connectivity index (χ1n) is 9.78. The Labute approximate surface area is 162 Å². The lowest BCUT2D eigenvalue weighted by molar-refractivity contribution is -0.138. The number of carbonyl (C=O) groups excluding carboxylic acids is 2. The largest absolute Gasteiger partial charge is 0.418 e. The van der Waals surface area contributed by atoms with Gasteiger partial charge in [0.25, 0.3) is 0 Å². The van der Waals surface area contributed by atoms with Gasteiger partial charge in [-0.25, -0.2) is 0 Å². The number of piperidine rings is 2. The molecule has 0 bridgehead atoms. The Morgan fingerprint density at radius 3 is 2.46 bits per heavy atom. The molecule has 0 radical (unpaired) electrons. The summed E-state index contributed by atoms with van der Waals surface area (Å²) in [6, 6.07) is 4.65. The molecule has 8 heteroatoms. The smallest absolute Gasteiger partial charge is 0.340 e. The highest BCUT2D eigenvalue weighted by Crippen LogP contribution is 2.34. The summed E-state index contributed by atoms with van der Waals surface area (Å²) in [5.41, 5.74) is -1.07. The molecule has 0 spiro atoms. The summed E-state index contributed by atoms with van der Waals surface area (Å²) < 4.78 is 39.3. The van der Waals surface area contributed by atoms with Gasteiger partial charge in [-0.15, -0.1) is 0 Å². The molecule has 28 heavy (non-hydrogen) atoms. The number of anilines is 1. The summed E-state index contributed by atoms with van der Waals surface area (Å²) in [5.74, 6) is -0.247. The van der Waals surface area contributed by atoms with Crippen molar-refractivity contribution in [2.75, 3.05) is 25.0 Å². The van der Waals surface area contributed by atoms with E-state index in [1.54, 1.807) is 6.92 Å². The van der Waals surface area contributed by atoms with Crippen molar-refractivity contribution in [2.45, 2.75) is 57.3 Å². The van der Waals surface area contributed by atoms with E-state index in [4.69, 9.17) is 0 Å². The van der Waals surface area contributed by atoms with Crippen LogP contribution in [-0.2, 0) is 15.8 Å². The molecule has 0 aromatic heterocycles. The molecule has 2 aliphatic heterocycles. The molecule has 5 nitrogen and oxygen atoms in total. The van der Waals surface area contributed by atoms with Gasteiger partial charge < -0.3 is 10.2 Å². The van der Waals surface area contributed by atoms with Crippen LogP contribution in [0.5, 0.6) is 0 Å². The van der Waals surface area contributed by atoms with E-state index in [1.807, 2.05) is 9.80 Å². The number of nitrogens with zero attached hydrogens (tertiary/aromatic N) is 2. The number of para-hydroxylation sites is 1. The van der Waals surface area contributed by atoms with Gasteiger partial charge in [-0.05, 0) is 44.7 Å². The lowest BCUT2D eigenvalue weighted by Crippen LogP contribution is -2.52. The predicted octanol–water partition coefficient (Wildman–Crippen LogP) is 3.51. The van der Waals surface area contributed by atoms with Crippen LogP contribution in [0, 0.1) is 0 Å². The van der Waals surface area contributed by atoms with Crippen molar-refractivity contribution < 1.29 is 22.8 Å². The van der Waals surface area contributed by atoms with Crippen molar-refractivity contribution in [3.8, 4) is 0 Å². The van der Waals surface area contributed by atoms with Crippen molar-refractivity contribution in [3.63, 3.8) is 0 Å². The Kier molecular flexibility index (Phi) is 6.27. The minimum Gasteiger partial charge on any atom is -0.340 e. The van der Waals surface area contributed by atoms with Crippen LogP contribution in [-0.4, -0.2) is 53.3 Å². The second-order valence-corrected chi connectivity index (χ2v) is 7.52. The van der Waals surface area contributed by atoms with E-state index in [0.29, 0.717) is 19.5 Å². The van der Waals surface area contributed by atoms with Crippen LogP contribution in [0.4, 0.5) is 18.9 Å². The van der Waals surface area contributed by atoms with Crippen LogP contribution >= 0.6 is 0 Å². The number of rotatable bonds is 4. The maximum absolute atomic E-state index is 13.1. The Morgan fingerprint density at radius 1 is 1.14 bits per heavy atom. The molecule has 1 unspecified atom stereocenters. The summed E-state index contributed by atoms with van der Waals surface area (Å²) in [7, 11) is 0. The number of amides is 2. The molecule has 2 heterocycles. The molecule has 3 rings (SSSR count). The molecule has 154 valence electrons. The normalized spacial score (nSPS) is 20.9. The number of hydrogen-bond acceptors (Lipinski definition) is 3. The maximum atomic E-state index is 13.1. The number of benzene rings is 1. The lowest BCUT2D eigenvalue weighted by Gasteiger charge is -2.41. The number of alkyl halides is 3. The van der Waals surface area contributed by atoms with Gasteiger partial charge in [0.15, 0.2) is 0 Å². The van der Waals surface area contributed by atoms with Gasteiger partial charge in [0.2, 0.25) is 11.8 Å². The number of likely N-dealkylation sites (tertiary alicyclic amines) is 2. The summed E-state index contributed by atoms with van der Waals surface area (Å²) >= 11 is 0. The Bertz CT molecular complexity index is 715. The van der Waals surface area contributed by atoms with E-state index >= 15 is 0 Å². The van der Waals surface area contributed by atoms with Crippen LogP contribution in [0.1, 0.15) is 44.6 Å². The molecule has 1 atom stereocenters. The minimum atomic E-state index is -4.52. The van der Waals surface area contributed by atoms with Crippen LogP contribution < -0.4 is 5.32 Å². The van der Waals surface area contributed by atoms with Crippen molar-refractivity contribution in [2.24, 2.45) is 0 Å². The van der Waals surface area contributed by atoms with Gasteiger partial charge >= 0.3 is 6.18 Å². The Hall–Kier alpha value is -2.09. The fourth-order valence-corrected chi connectivity index (χ4v) is 4.04. The highest BCUT2D eigenvalue weighted by Gasteiger charge is 2.35. The second kappa shape index (κ2) is 8.51. The van der Waals surface area contributed by atoms with Crippen LogP contribution in [0.2, 0.25) is 0 Å². The summed E-state index contributed by atoms with van der Waals surface area (Å²) in [6.07, 6.45) is -0.372. The minimum absolute atomic E-state index is 0.199. The van der Waals surface area contributed by atoms with Crippen molar-refractivity contribution in [3.05, 3.63) is 29.8 Å². The molecule has 0 aliphatic carbocycles. The van der Waals surface area contributed by atoms with E-state index in [0.717, 1.165) is 38.3 Å². The molecular formula is C20H26F3N3O2. The first kappa shape index (κ1) is 20.6. The van der Waals surface area contributed by atoms with E-state index < -0.39 is 23.7 Å². The average Bonchev–Trinajstić information content (AvgIpc) is 2.67. The Balaban J connectivity index is 1.57. The van der Waals surface area contributed by atoms with Crippen molar-refractivity contribution in [1.29, 1.82) is 0 Å². The molecule has 2 aliphatic rings. The lowest BCUT2D eigenvalue weighted by atomic mass is 9.98. The zero-order chi connectivity index (χ0) is 20.3. The van der Waals surface area contributed by atoms with E-state index in [-0.39, 0.29) is 17.6 Å². The van der Waals surface area contributed by atoms with Gasteiger partial charge in [-0.2, -0.15) is 13.2 Å². The average molecular weight is 397 g/mol. The molecule has 1 aromatic rings. The highest BCUT2D eigenvalue weighted by molar-refractivity contribution is 5.95. The van der Waals surface area contributed by atoms with E-state index in [9.17, 15) is 22.8 Å². The van der Waals surface area contributed by atoms with Gasteiger partial charge in [0, 0.05) is 32.1 Å². The number of nitrogens with one attached hydrogen (secondary N) is 1. The first-order chi connectivity index (χ1) is 13.3. The SMILES string of the molecule is CC(C(=O)Nc1ccccc1C(F)(F)F)N1CCC(N2CCCCC2=O)CC1. The van der Waals surface area contributed by atoms with Crippen molar-refractivity contribution in [1.82, 2.24) is 9.80 Å². The molecular weight excluding hydrogens is 371 g/mol. The summed E-state index contributed by atoms with van der Waals surface area (Å²) in [6.45, 7) is 3.79. The molecule has 2 fully saturated rings. The second-order valence-electron chi connectivity index (χ2n) is 7.52. The van der Waals surface area contributed by atoms with Crippen LogP contribution in [0.15, 0.2) is 24.3 Å². The third-order valence-corrected chi connectivity index (χ3v) is 5.72. The first-order valence-corrected chi connectivity index (χ1v) is 9.78. The quantitative estimate of drug-likeness (QED) is 0.846. The third-order valence-electron chi connectivity index (χ3n) is 5.72. The molecule has 2 amide bonds. The third kappa shape index (κ3) is 4.66. The van der Waals surface area contributed by atoms with Crippen LogP contribution in [0.3, 0.4) is 0 Å². The molecule has 1 N–H and O–H groups in total. The maximum Gasteiger partial charge on any atom is 0.418 e. The van der Waals surface area contributed by atoms with E-state index in [2.05, 4.69) is 5.32 Å². The monoisotopic (exact) mass is 397 g/mol. The van der Waals surface area contributed by atoms with Gasteiger partial charge in [-0.3, -0.25) is 14.5 Å². The standard InChI is InChI=1S/C20H26F3N3O2/c1-14(19(28)24-17-7-3-2-6-16(17)20(21,22)23)25-12-9-15(10-13-25)26-11-5-4-8-18(26)27/h2-3,6-7,14-15H,4-5,8-13H2,1H3,(H,24,28). The van der Waals surface area contributed by atoms with Gasteiger partial charge in [0.05, 0.1) is 17.3 Å². The topological polar surface area (TPSA) is 52.7 Å². The number of hydrogen-bond donors (Lipinski definition) is 1. The Morgan fingerprint density at radius 2 is 1.82 bits per heavy atom. The molecule has 2 saturated heterocycles. The zero-order valence-electron chi connectivity index (χ0n) is 16.0. The van der Waals surface area contributed by atoms with E-state index in [1.165, 1.54) is 18.2 Å². The van der Waals surface area contributed by atoms with Crippen molar-refractivity contribution >= 4 is 17.5 Å².